The normalized spacial score (nSPS) is 13.6. The topological polar surface area (TPSA) is 204 Å². The summed E-state index contributed by atoms with van der Waals surface area (Å²) in [4.78, 5) is 42.5. The number of halogens is 2. The van der Waals surface area contributed by atoms with E-state index in [0.29, 0.717) is 29.5 Å². The van der Waals surface area contributed by atoms with Gasteiger partial charge in [-0.05, 0) is 24.3 Å². The van der Waals surface area contributed by atoms with Crippen LogP contribution >= 0.6 is 0 Å². The summed E-state index contributed by atoms with van der Waals surface area (Å²) in [5.41, 5.74) is 6.06. The highest BCUT2D eigenvalue weighted by Crippen LogP contribution is 2.29. The molecule has 6 N–H and O–H groups in total. The largest absolute Gasteiger partial charge is 0.477 e. The van der Waals surface area contributed by atoms with Crippen LogP contribution in [0.1, 0.15) is 42.5 Å². The van der Waals surface area contributed by atoms with E-state index >= 15 is 0 Å². The Labute approximate surface area is 224 Å². The number of aromatic nitrogens is 4. The molecule has 0 atom stereocenters. The second-order valence-corrected chi connectivity index (χ2v) is 10.7. The molecule has 0 aliphatic carbocycles. The molecule has 3 heterocycles. The maximum atomic E-state index is 13.7. The molecule has 5 rings (SSSR count). The molecule has 16 heteroatoms. The van der Waals surface area contributed by atoms with Gasteiger partial charge in [0.1, 0.15) is 23.2 Å². The molecule has 0 saturated heterocycles. The standard InChI is InChI=1S/C24H19F2N7O6S/c25-12-6-13(26)8-14(7-12)40(38,39)33-4-3-18-17(10-33)22(32-31-18)30-23(35)16-5-11(1-2-15(16)20(27)34)21-28-9-19(29-21)24(36)37/h1-2,5-9H,3-4,10H2,(H2,27,34)(H,28,29)(H,36,37)(H2,30,31,32,35). The first kappa shape index (κ1) is 26.6. The molecule has 4 aromatic rings. The molecule has 2 amide bonds. The Balaban J connectivity index is 1.44. The number of anilines is 1. The van der Waals surface area contributed by atoms with Crippen molar-refractivity contribution in [3.05, 3.63) is 82.3 Å². The predicted molar refractivity (Wildman–Crippen MR) is 134 cm³/mol. The number of carboxylic acid groups (broad SMARTS) is 1. The average Bonchev–Trinajstić information content (AvgIpc) is 3.55. The van der Waals surface area contributed by atoms with Crippen LogP contribution in [0.4, 0.5) is 14.6 Å². The lowest BCUT2D eigenvalue weighted by Gasteiger charge is -2.26. The summed E-state index contributed by atoms with van der Waals surface area (Å²) in [6, 6.07) is 5.97. The first-order valence-corrected chi connectivity index (χ1v) is 12.9. The van der Waals surface area contributed by atoms with Crippen LogP contribution in [0.2, 0.25) is 0 Å². The molecule has 206 valence electrons. The highest BCUT2D eigenvalue weighted by atomic mass is 32.2. The third-order valence-electron chi connectivity index (χ3n) is 6.21. The number of hydrogen-bond donors (Lipinski definition) is 5. The van der Waals surface area contributed by atoms with Gasteiger partial charge < -0.3 is 21.1 Å². The predicted octanol–water partition coefficient (Wildman–Crippen LogP) is 1.87. The number of benzene rings is 2. The number of primary amides is 1. The fourth-order valence-corrected chi connectivity index (χ4v) is 5.70. The van der Waals surface area contributed by atoms with Crippen molar-refractivity contribution in [2.45, 2.75) is 17.9 Å². The zero-order valence-electron chi connectivity index (χ0n) is 20.2. The van der Waals surface area contributed by atoms with Crippen molar-refractivity contribution in [1.29, 1.82) is 0 Å². The highest BCUT2D eigenvalue weighted by molar-refractivity contribution is 7.89. The van der Waals surface area contributed by atoms with Crippen LogP contribution in [0.3, 0.4) is 0 Å². The number of imidazole rings is 1. The minimum Gasteiger partial charge on any atom is -0.477 e. The summed E-state index contributed by atoms with van der Waals surface area (Å²) in [6.45, 7) is -0.284. The van der Waals surface area contributed by atoms with E-state index in [-0.39, 0.29) is 53.5 Å². The van der Waals surface area contributed by atoms with E-state index in [9.17, 15) is 31.6 Å². The van der Waals surface area contributed by atoms with Crippen LogP contribution in [0.5, 0.6) is 0 Å². The van der Waals surface area contributed by atoms with Gasteiger partial charge in [-0.15, -0.1) is 0 Å². The first-order valence-electron chi connectivity index (χ1n) is 11.5. The number of H-pyrrole nitrogens is 2. The molecule has 1 aliphatic rings. The molecule has 2 aromatic carbocycles. The number of rotatable bonds is 7. The van der Waals surface area contributed by atoms with Crippen molar-refractivity contribution in [3.8, 4) is 11.4 Å². The summed E-state index contributed by atoms with van der Waals surface area (Å²) in [7, 11) is -4.30. The highest BCUT2D eigenvalue weighted by Gasteiger charge is 2.32. The number of nitrogens with zero attached hydrogens (tertiary/aromatic N) is 3. The van der Waals surface area contributed by atoms with Crippen LogP contribution in [-0.4, -0.2) is 62.3 Å². The third-order valence-corrected chi connectivity index (χ3v) is 8.04. The molecule has 13 nitrogen and oxygen atoms in total. The summed E-state index contributed by atoms with van der Waals surface area (Å²) in [5.74, 6) is -4.98. The number of carbonyl (C=O) groups is 3. The maximum absolute atomic E-state index is 13.7. The van der Waals surface area contributed by atoms with Gasteiger partial charge in [0.05, 0.1) is 22.2 Å². The second-order valence-electron chi connectivity index (χ2n) is 8.75. The molecule has 0 bridgehead atoms. The van der Waals surface area contributed by atoms with E-state index in [4.69, 9.17) is 10.8 Å². The number of aromatic amines is 2. The number of aromatic carboxylic acids is 1. The van der Waals surface area contributed by atoms with Crippen LogP contribution in [-0.2, 0) is 23.0 Å². The summed E-state index contributed by atoms with van der Waals surface area (Å²) in [5, 5.41) is 18.5. The Morgan fingerprint density at radius 1 is 1.07 bits per heavy atom. The van der Waals surface area contributed by atoms with Gasteiger partial charge in [0, 0.05) is 42.4 Å². The Morgan fingerprint density at radius 2 is 1.80 bits per heavy atom. The van der Waals surface area contributed by atoms with Crippen molar-refractivity contribution in [3.63, 3.8) is 0 Å². The summed E-state index contributed by atoms with van der Waals surface area (Å²) in [6.07, 6.45) is 1.26. The Hall–Kier alpha value is -4.96. The van der Waals surface area contributed by atoms with Gasteiger partial charge in [0.25, 0.3) is 5.91 Å². The van der Waals surface area contributed by atoms with Gasteiger partial charge >= 0.3 is 5.97 Å². The third kappa shape index (κ3) is 4.92. The van der Waals surface area contributed by atoms with Gasteiger partial charge in [-0.3, -0.25) is 14.7 Å². The fourth-order valence-electron chi connectivity index (χ4n) is 4.25. The molecule has 40 heavy (non-hydrogen) atoms. The zero-order chi connectivity index (χ0) is 28.8. The SMILES string of the molecule is NC(=O)c1ccc(-c2ncc(C(=O)O)[nH]2)cc1C(=O)Nc1n[nH]c2c1CN(S(=O)(=O)c1cc(F)cc(F)c1)CC2. The number of hydrogen-bond acceptors (Lipinski definition) is 7. The van der Waals surface area contributed by atoms with Crippen molar-refractivity contribution in [2.75, 3.05) is 11.9 Å². The Bertz CT molecular complexity index is 1780. The molecule has 0 saturated carbocycles. The first-order chi connectivity index (χ1) is 18.9. The average molecular weight is 572 g/mol. The Morgan fingerprint density at radius 3 is 2.45 bits per heavy atom. The van der Waals surface area contributed by atoms with E-state index in [0.717, 1.165) is 10.5 Å². The summed E-state index contributed by atoms with van der Waals surface area (Å²) >= 11 is 0. The van der Waals surface area contributed by atoms with E-state index in [1.807, 2.05) is 0 Å². The van der Waals surface area contributed by atoms with Crippen molar-refractivity contribution < 1.29 is 36.7 Å². The molecule has 0 fully saturated rings. The van der Waals surface area contributed by atoms with Crippen molar-refractivity contribution in [2.24, 2.45) is 5.73 Å². The van der Waals surface area contributed by atoms with Gasteiger partial charge in [-0.25, -0.2) is 27.0 Å². The summed E-state index contributed by atoms with van der Waals surface area (Å²) < 4.78 is 54.6. The molecule has 0 spiro atoms. The number of sulfonamides is 1. The number of nitrogens with two attached hydrogens (primary N) is 1. The fraction of sp³-hybridized carbons (Fsp3) is 0.125. The number of carboxylic acids is 1. The number of amides is 2. The van der Waals surface area contributed by atoms with E-state index in [1.54, 1.807) is 0 Å². The van der Waals surface area contributed by atoms with Crippen LogP contribution in [0.15, 0.2) is 47.5 Å². The smallest absolute Gasteiger partial charge is 0.353 e. The molecule has 1 aliphatic heterocycles. The molecular formula is C24H19F2N7O6S. The van der Waals surface area contributed by atoms with E-state index in [1.165, 1.54) is 18.2 Å². The molecular weight excluding hydrogens is 552 g/mol. The van der Waals surface area contributed by atoms with E-state index in [2.05, 4.69) is 25.5 Å². The Kier molecular flexibility index (Phi) is 6.64. The van der Waals surface area contributed by atoms with Crippen molar-refractivity contribution in [1.82, 2.24) is 24.5 Å². The number of carbonyl (C=O) groups excluding carboxylic acids is 2. The molecule has 0 radical (unpaired) electrons. The second kappa shape index (κ2) is 9.97. The monoisotopic (exact) mass is 571 g/mol. The maximum Gasteiger partial charge on any atom is 0.353 e. The number of nitrogens with one attached hydrogen (secondary N) is 3. The van der Waals surface area contributed by atoms with Gasteiger partial charge in [-0.2, -0.15) is 9.40 Å². The van der Waals surface area contributed by atoms with Crippen LogP contribution in [0, 0.1) is 11.6 Å². The lowest BCUT2D eigenvalue weighted by Crippen LogP contribution is -2.36. The molecule has 0 unspecified atom stereocenters. The minimum atomic E-state index is -4.30. The van der Waals surface area contributed by atoms with Crippen LogP contribution in [0.25, 0.3) is 11.4 Å². The molecule has 2 aromatic heterocycles. The number of fused-ring (bicyclic) bond motifs is 1. The van der Waals surface area contributed by atoms with Gasteiger partial charge in [0.2, 0.25) is 15.9 Å². The minimum absolute atomic E-state index is 0.0155. The van der Waals surface area contributed by atoms with Crippen molar-refractivity contribution >= 4 is 33.6 Å². The van der Waals surface area contributed by atoms with Gasteiger partial charge in [-0.1, -0.05) is 6.07 Å². The quantitative estimate of drug-likeness (QED) is 0.221. The zero-order valence-corrected chi connectivity index (χ0v) is 21.1. The van der Waals surface area contributed by atoms with Gasteiger partial charge in [0.15, 0.2) is 5.82 Å². The lowest BCUT2D eigenvalue weighted by molar-refractivity contribution is 0.0690. The van der Waals surface area contributed by atoms with Crippen LogP contribution < -0.4 is 11.1 Å². The van der Waals surface area contributed by atoms with E-state index < -0.39 is 44.3 Å². The lowest BCUT2D eigenvalue weighted by atomic mass is 10.0.